The molecule has 0 unspecified atom stereocenters. The number of rotatable bonds is 23. The van der Waals surface area contributed by atoms with E-state index >= 15 is 0 Å². The summed E-state index contributed by atoms with van der Waals surface area (Å²) in [5, 5.41) is 0. The van der Waals surface area contributed by atoms with Crippen molar-refractivity contribution < 1.29 is 14.0 Å². The fraction of sp³-hybridized carbons (Fsp3) is 0.900. The van der Waals surface area contributed by atoms with Gasteiger partial charge in [-0.25, -0.2) is 0 Å². The molecule has 0 amide bonds. The predicted molar refractivity (Wildman–Crippen MR) is 165 cm³/mol. The molecule has 35 heavy (non-hydrogen) atoms. The maximum Gasteiger partial charge on any atom is 0.306 e. The van der Waals surface area contributed by atoms with E-state index in [0.717, 1.165) is 17.3 Å². The Hall–Kier alpha value is 0.117. The summed E-state index contributed by atoms with van der Waals surface area (Å²) in [5.74, 6) is -0.0567. The van der Waals surface area contributed by atoms with E-state index in [0.29, 0.717) is 29.7 Å². The van der Waals surface area contributed by atoms with Crippen LogP contribution in [0.2, 0.25) is 16.6 Å². The van der Waals surface area contributed by atoms with Crippen molar-refractivity contribution in [2.75, 3.05) is 11.0 Å². The third-order valence-electron chi connectivity index (χ3n) is 7.34. The minimum absolute atomic E-state index is 0.0567. The quantitative estimate of drug-likeness (QED) is 0.0284. The molecule has 208 valence electrons. The number of ether oxygens (including phenoxy) is 1. The highest BCUT2D eigenvalue weighted by atomic mass is 127. The summed E-state index contributed by atoms with van der Waals surface area (Å²) in [5.41, 5.74) is 1.64. The molecule has 0 rings (SSSR count). The molecule has 0 heterocycles. The highest BCUT2D eigenvalue weighted by molar-refractivity contribution is 14.1. The van der Waals surface area contributed by atoms with Gasteiger partial charge in [-0.3, -0.25) is 4.79 Å². The Labute approximate surface area is 234 Å². The van der Waals surface area contributed by atoms with Gasteiger partial charge in [-0.2, -0.15) is 0 Å². The molecule has 0 N–H and O–H groups in total. The van der Waals surface area contributed by atoms with Crippen LogP contribution < -0.4 is 0 Å². The van der Waals surface area contributed by atoms with Gasteiger partial charge in [0.05, 0.1) is 6.61 Å². The number of hydrogen-bond donors (Lipinski definition) is 0. The fourth-order valence-corrected chi connectivity index (χ4v) is 11.3. The maximum absolute atomic E-state index is 12.4. The summed E-state index contributed by atoms with van der Waals surface area (Å²) < 4.78 is 13.2. The van der Waals surface area contributed by atoms with Crippen LogP contribution >= 0.6 is 22.6 Å². The number of hydrogen-bond acceptors (Lipinski definition) is 3. The van der Waals surface area contributed by atoms with Gasteiger partial charge in [0.25, 0.3) is 0 Å². The van der Waals surface area contributed by atoms with Gasteiger partial charge >= 0.3 is 5.97 Å². The van der Waals surface area contributed by atoms with Gasteiger partial charge in [-0.05, 0) is 48.7 Å². The molecular weight excluding hydrogens is 563 g/mol. The lowest BCUT2D eigenvalue weighted by Gasteiger charge is -2.42. The third-order valence-corrected chi connectivity index (χ3v) is 14.4. The molecule has 1 atom stereocenters. The molecule has 5 heteroatoms. The van der Waals surface area contributed by atoms with Crippen molar-refractivity contribution in [3.8, 4) is 0 Å². The summed E-state index contributed by atoms with van der Waals surface area (Å²) in [4.78, 5) is 12.4. The van der Waals surface area contributed by atoms with Gasteiger partial charge in [0.15, 0.2) is 0 Å². The van der Waals surface area contributed by atoms with E-state index in [1.807, 2.05) is 0 Å². The highest BCUT2D eigenvalue weighted by Gasteiger charge is 2.45. The average molecular weight is 623 g/mol. The minimum atomic E-state index is -1.92. The molecule has 0 saturated carbocycles. The molecule has 0 radical (unpaired) electrons. The summed E-state index contributed by atoms with van der Waals surface area (Å²) in [6.07, 6.45) is 21.6. The molecule has 0 saturated heterocycles. The molecule has 0 aromatic rings. The molecule has 0 aromatic carbocycles. The number of halogens is 1. The minimum Gasteiger partial charge on any atom is -0.459 e. The zero-order chi connectivity index (χ0) is 26.5. The van der Waals surface area contributed by atoms with Gasteiger partial charge in [0.1, 0.15) is 6.10 Å². The van der Waals surface area contributed by atoms with Crippen molar-refractivity contribution in [2.45, 2.75) is 161 Å². The topological polar surface area (TPSA) is 35.5 Å². The lowest BCUT2D eigenvalue weighted by atomic mass is 10.1. The van der Waals surface area contributed by atoms with Gasteiger partial charge in [-0.1, -0.05) is 135 Å². The Morgan fingerprint density at radius 3 is 1.66 bits per heavy atom. The monoisotopic (exact) mass is 622 g/mol. The maximum atomic E-state index is 12.4. The molecule has 0 aliphatic heterocycles. The normalized spacial score (nSPS) is 13.5. The summed E-state index contributed by atoms with van der Waals surface area (Å²) in [6.45, 7) is 16.6. The Morgan fingerprint density at radius 1 is 0.743 bits per heavy atom. The van der Waals surface area contributed by atoms with Gasteiger partial charge < -0.3 is 9.16 Å². The van der Waals surface area contributed by atoms with Crippen LogP contribution in [-0.4, -0.2) is 31.4 Å². The Bertz CT molecular complexity index is 512. The second kappa shape index (κ2) is 22.1. The van der Waals surface area contributed by atoms with E-state index in [1.54, 1.807) is 0 Å². The molecule has 0 aliphatic rings. The lowest BCUT2D eigenvalue weighted by molar-refractivity contribution is -0.149. The summed E-state index contributed by atoms with van der Waals surface area (Å²) in [6, 6.07) is 0. The second-order valence-corrected chi connectivity index (χ2v) is 17.6. The molecule has 0 aliphatic carbocycles. The van der Waals surface area contributed by atoms with Gasteiger partial charge in [0.2, 0.25) is 8.32 Å². The molecule has 0 bridgehead atoms. The summed E-state index contributed by atoms with van der Waals surface area (Å²) >= 11 is 2.32. The molecule has 3 nitrogen and oxygen atoms in total. The van der Waals surface area contributed by atoms with E-state index in [9.17, 15) is 4.79 Å². The Morgan fingerprint density at radius 2 is 1.20 bits per heavy atom. The van der Waals surface area contributed by atoms with Crippen LogP contribution in [0.15, 0.2) is 12.2 Å². The predicted octanol–water partition coefficient (Wildman–Crippen LogP) is 10.6. The van der Waals surface area contributed by atoms with Crippen LogP contribution in [0.25, 0.3) is 0 Å². The number of unbranched alkanes of at least 4 members (excludes halogenated alkanes) is 11. The Balaban J connectivity index is 3.96. The van der Waals surface area contributed by atoms with Crippen LogP contribution in [-0.2, 0) is 14.0 Å². The SMILES string of the molecule is CCCCCCCC/C=C\CCCCCCCC(=O)O[C@H](CI)CO[Si](C(C)C)(C(C)C)C(C)C. The van der Waals surface area contributed by atoms with Crippen molar-refractivity contribution in [1.29, 1.82) is 0 Å². The molecule has 0 aromatic heterocycles. The smallest absolute Gasteiger partial charge is 0.306 e. The van der Waals surface area contributed by atoms with Crippen LogP contribution in [0, 0.1) is 0 Å². The first kappa shape index (κ1) is 35.1. The number of carbonyl (C=O) groups is 1. The number of carbonyl (C=O) groups excluding carboxylic acids is 1. The highest BCUT2D eigenvalue weighted by Crippen LogP contribution is 2.42. The molecule has 0 spiro atoms. The van der Waals surface area contributed by atoms with Crippen molar-refractivity contribution in [2.24, 2.45) is 0 Å². The Kier molecular flexibility index (Phi) is 22.2. The standard InChI is InChI=1S/C30H59IO3Si/c1-8-9-10-11-12-13-14-15-16-17-18-19-20-21-22-23-30(32)34-29(24-31)25-33-35(26(2)3,27(4)5)28(6)7/h15-16,26-29H,8-14,17-25H2,1-7H3/b16-15-/t29-/m1/s1. The van der Waals surface area contributed by atoms with E-state index < -0.39 is 8.32 Å². The first-order valence-electron chi connectivity index (χ1n) is 14.8. The van der Waals surface area contributed by atoms with Crippen LogP contribution in [0.4, 0.5) is 0 Å². The van der Waals surface area contributed by atoms with Crippen LogP contribution in [0.1, 0.15) is 138 Å². The van der Waals surface area contributed by atoms with Gasteiger partial charge in [0, 0.05) is 10.8 Å². The molecular formula is C30H59IO3Si. The molecule has 0 fully saturated rings. The van der Waals surface area contributed by atoms with Crippen LogP contribution in [0.5, 0.6) is 0 Å². The second-order valence-electron chi connectivity index (χ2n) is 11.2. The zero-order valence-corrected chi connectivity index (χ0v) is 27.5. The third kappa shape index (κ3) is 15.9. The van der Waals surface area contributed by atoms with Crippen LogP contribution in [0.3, 0.4) is 0 Å². The lowest BCUT2D eigenvalue weighted by Crippen LogP contribution is -2.49. The van der Waals surface area contributed by atoms with E-state index in [1.165, 1.54) is 70.6 Å². The van der Waals surface area contributed by atoms with Crippen molar-refractivity contribution >= 4 is 36.9 Å². The van der Waals surface area contributed by atoms with Gasteiger partial charge in [-0.15, -0.1) is 0 Å². The van der Waals surface area contributed by atoms with E-state index in [-0.39, 0.29) is 12.1 Å². The average Bonchev–Trinajstić information content (AvgIpc) is 2.80. The first-order valence-corrected chi connectivity index (χ1v) is 18.4. The summed E-state index contributed by atoms with van der Waals surface area (Å²) in [7, 11) is -1.92. The van der Waals surface area contributed by atoms with Crippen molar-refractivity contribution in [3.63, 3.8) is 0 Å². The van der Waals surface area contributed by atoms with E-state index in [4.69, 9.17) is 9.16 Å². The zero-order valence-electron chi connectivity index (χ0n) is 24.4. The van der Waals surface area contributed by atoms with Crippen molar-refractivity contribution in [3.05, 3.63) is 12.2 Å². The number of alkyl halides is 1. The van der Waals surface area contributed by atoms with Crippen molar-refractivity contribution in [1.82, 2.24) is 0 Å². The largest absolute Gasteiger partial charge is 0.459 e. The fourth-order valence-electron chi connectivity index (χ4n) is 5.43. The number of allylic oxidation sites excluding steroid dienone is 2. The number of esters is 1. The van der Waals surface area contributed by atoms with E-state index in [2.05, 4.69) is 83.2 Å². The first-order chi connectivity index (χ1) is 16.7.